The molecule has 0 amide bonds. The van der Waals surface area contributed by atoms with E-state index in [2.05, 4.69) is 22.1 Å². The predicted octanol–water partition coefficient (Wildman–Crippen LogP) is 2.15. The number of nitrogens with zero attached hydrogens (tertiary/aromatic N) is 2. The Kier molecular flexibility index (Phi) is 4.60. The van der Waals surface area contributed by atoms with Crippen LogP contribution >= 0.6 is 0 Å². The van der Waals surface area contributed by atoms with E-state index in [0.29, 0.717) is 17.3 Å². The van der Waals surface area contributed by atoms with Crippen molar-refractivity contribution >= 4 is 11.8 Å². The van der Waals surface area contributed by atoms with Crippen molar-refractivity contribution in [1.29, 1.82) is 0 Å². The summed E-state index contributed by atoms with van der Waals surface area (Å²) in [7, 11) is 0. The number of hydrogen-bond donors (Lipinski definition) is 2. The molecule has 1 saturated heterocycles. The summed E-state index contributed by atoms with van der Waals surface area (Å²) in [6, 6.07) is 1.81. The number of carboxylic acids is 1. The molecular weight excluding hydrogens is 254 g/mol. The van der Waals surface area contributed by atoms with Crippen LogP contribution in [0.1, 0.15) is 35.0 Å². The molecule has 1 aromatic rings. The molecule has 1 aromatic heterocycles. The SMILES string of the molecule is CCN1CCC(CNc2nc(C)cc(C)c2C(=O)O)C1. The molecule has 0 aromatic carbocycles. The Labute approximate surface area is 120 Å². The van der Waals surface area contributed by atoms with E-state index in [1.807, 2.05) is 19.9 Å². The van der Waals surface area contributed by atoms with Gasteiger partial charge in [-0.3, -0.25) is 0 Å². The number of aromatic carboxylic acids is 1. The van der Waals surface area contributed by atoms with Gasteiger partial charge >= 0.3 is 5.97 Å². The minimum atomic E-state index is -0.917. The first kappa shape index (κ1) is 14.8. The molecule has 2 N–H and O–H groups in total. The normalized spacial score (nSPS) is 19.2. The monoisotopic (exact) mass is 277 g/mol. The molecular formula is C15H23N3O2. The molecule has 2 rings (SSSR count). The Balaban J connectivity index is 2.07. The summed E-state index contributed by atoms with van der Waals surface area (Å²) in [6.07, 6.45) is 1.16. The number of rotatable bonds is 5. The van der Waals surface area contributed by atoms with E-state index in [1.54, 1.807) is 0 Å². The molecule has 1 aliphatic heterocycles. The molecule has 0 saturated carbocycles. The lowest BCUT2D eigenvalue weighted by molar-refractivity contribution is 0.0697. The third-order valence-electron chi connectivity index (χ3n) is 3.93. The van der Waals surface area contributed by atoms with Crippen molar-refractivity contribution in [2.45, 2.75) is 27.2 Å². The van der Waals surface area contributed by atoms with Gasteiger partial charge in [-0.1, -0.05) is 6.92 Å². The van der Waals surface area contributed by atoms with Crippen molar-refractivity contribution < 1.29 is 9.90 Å². The van der Waals surface area contributed by atoms with E-state index in [1.165, 1.54) is 0 Å². The van der Waals surface area contributed by atoms with Crippen LogP contribution in [-0.4, -0.2) is 47.1 Å². The highest BCUT2D eigenvalue weighted by Gasteiger charge is 2.22. The van der Waals surface area contributed by atoms with Gasteiger partial charge < -0.3 is 15.3 Å². The Morgan fingerprint density at radius 2 is 2.30 bits per heavy atom. The van der Waals surface area contributed by atoms with Crippen molar-refractivity contribution in [2.75, 3.05) is 31.5 Å². The topological polar surface area (TPSA) is 65.5 Å². The van der Waals surface area contributed by atoms with E-state index >= 15 is 0 Å². The number of carboxylic acid groups (broad SMARTS) is 1. The highest BCUT2D eigenvalue weighted by Crippen LogP contribution is 2.21. The molecule has 1 atom stereocenters. The Hall–Kier alpha value is -1.62. The second kappa shape index (κ2) is 6.22. The van der Waals surface area contributed by atoms with Crippen LogP contribution < -0.4 is 5.32 Å². The summed E-state index contributed by atoms with van der Waals surface area (Å²) >= 11 is 0. The average Bonchev–Trinajstić information content (AvgIpc) is 2.82. The second-order valence-electron chi connectivity index (χ2n) is 5.54. The van der Waals surface area contributed by atoms with Gasteiger partial charge in [0.05, 0.1) is 0 Å². The number of likely N-dealkylation sites (tertiary alicyclic amines) is 1. The van der Waals surface area contributed by atoms with Crippen LogP contribution in [0.2, 0.25) is 0 Å². The summed E-state index contributed by atoms with van der Waals surface area (Å²) < 4.78 is 0. The minimum Gasteiger partial charge on any atom is -0.478 e. The zero-order chi connectivity index (χ0) is 14.7. The van der Waals surface area contributed by atoms with Gasteiger partial charge in [-0.2, -0.15) is 0 Å². The summed E-state index contributed by atoms with van der Waals surface area (Å²) in [6.45, 7) is 9.96. The van der Waals surface area contributed by atoms with Crippen LogP contribution in [0.25, 0.3) is 0 Å². The fourth-order valence-corrected chi connectivity index (χ4v) is 2.84. The number of carbonyl (C=O) groups is 1. The molecule has 110 valence electrons. The maximum atomic E-state index is 11.4. The maximum absolute atomic E-state index is 11.4. The van der Waals surface area contributed by atoms with Gasteiger partial charge in [-0.25, -0.2) is 9.78 Å². The van der Waals surface area contributed by atoms with E-state index in [4.69, 9.17) is 0 Å². The van der Waals surface area contributed by atoms with Crippen molar-refractivity contribution in [1.82, 2.24) is 9.88 Å². The first-order valence-electron chi connectivity index (χ1n) is 7.19. The molecule has 0 spiro atoms. The van der Waals surface area contributed by atoms with Crippen LogP contribution in [0.4, 0.5) is 5.82 Å². The first-order chi connectivity index (χ1) is 9.51. The summed E-state index contributed by atoms with van der Waals surface area (Å²) in [5.41, 5.74) is 1.90. The predicted molar refractivity (Wildman–Crippen MR) is 79.4 cm³/mol. The Morgan fingerprint density at radius 3 is 2.90 bits per heavy atom. The standard InChI is InChI=1S/C15H23N3O2/c1-4-18-6-5-12(9-18)8-16-14-13(15(19)20)10(2)7-11(3)17-14/h7,12H,4-6,8-9H2,1-3H3,(H,16,17)(H,19,20). The molecule has 1 unspecified atom stereocenters. The number of hydrogen-bond acceptors (Lipinski definition) is 4. The molecule has 20 heavy (non-hydrogen) atoms. The van der Waals surface area contributed by atoms with Gasteiger partial charge in [-0.15, -0.1) is 0 Å². The van der Waals surface area contributed by atoms with Gasteiger partial charge in [0.15, 0.2) is 0 Å². The van der Waals surface area contributed by atoms with Crippen molar-refractivity contribution in [3.63, 3.8) is 0 Å². The first-order valence-corrected chi connectivity index (χ1v) is 7.19. The van der Waals surface area contributed by atoms with Crippen molar-refractivity contribution in [3.05, 3.63) is 22.9 Å². The number of aromatic nitrogens is 1. The zero-order valence-electron chi connectivity index (χ0n) is 12.4. The van der Waals surface area contributed by atoms with E-state index < -0.39 is 5.97 Å². The van der Waals surface area contributed by atoms with Crippen LogP contribution in [-0.2, 0) is 0 Å². The van der Waals surface area contributed by atoms with Crippen LogP contribution in [0.15, 0.2) is 6.07 Å². The Morgan fingerprint density at radius 1 is 1.55 bits per heavy atom. The number of anilines is 1. The number of pyridine rings is 1. The Bertz CT molecular complexity index is 502. The van der Waals surface area contributed by atoms with Gasteiger partial charge in [0.2, 0.25) is 0 Å². The molecule has 0 radical (unpaired) electrons. The lowest BCUT2D eigenvalue weighted by Gasteiger charge is -2.16. The lowest BCUT2D eigenvalue weighted by Crippen LogP contribution is -2.23. The zero-order valence-corrected chi connectivity index (χ0v) is 12.4. The van der Waals surface area contributed by atoms with Gasteiger partial charge in [0.25, 0.3) is 0 Å². The molecule has 1 aliphatic rings. The summed E-state index contributed by atoms with van der Waals surface area (Å²) in [4.78, 5) is 18.1. The summed E-state index contributed by atoms with van der Waals surface area (Å²) in [5, 5.41) is 12.6. The molecule has 5 nitrogen and oxygen atoms in total. The van der Waals surface area contributed by atoms with E-state index in [-0.39, 0.29) is 0 Å². The van der Waals surface area contributed by atoms with Crippen molar-refractivity contribution in [2.24, 2.45) is 5.92 Å². The van der Waals surface area contributed by atoms with Crippen LogP contribution in [0.5, 0.6) is 0 Å². The molecule has 5 heteroatoms. The van der Waals surface area contributed by atoms with Crippen LogP contribution in [0, 0.1) is 19.8 Å². The average molecular weight is 277 g/mol. The third kappa shape index (κ3) is 3.28. The van der Waals surface area contributed by atoms with Gasteiger partial charge in [0.1, 0.15) is 11.4 Å². The fraction of sp³-hybridized carbons (Fsp3) is 0.600. The van der Waals surface area contributed by atoms with Gasteiger partial charge in [-0.05, 0) is 50.9 Å². The van der Waals surface area contributed by atoms with Gasteiger partial charge in [0, 0.05) is 18.8 Å². The highest BCUT2D eigenvalue weighted by molar-refractivity contribution is 5.94. The van der Waals surface area contributed by atoms with E-state index in [9.17, 15) is 9.90 Å². The number of nitrogens with one attached hydrogen (secondary N) is 1. The largest absolute Gasteiger partial charge is 0.478 e. The second-order valence-corrected chi connectivity index (χ2v) is 5.54. The quantitative estimate of drug-likeness (QED) is 0.863. The maximum Gasteiger partial charge on any atom is 0.339 e. The molecule has 0 aliphatic carbocycles. The molecule has 2 heterocycles. The minimum absolute atomic E-state index is 0.293. The van der Waals surface area contributed by atoms with Crippen molar-refractivity contribution in [3.8, 4) is 0 Å². The summed E-state index contributed by atoms with van der Waals surface area (Å²) in [5.74, 6) is 0.156. The molecule has 1 fully saturated rings. The number of aryl methyl sites for hydroxylation is 2. The van der Waals surface area contributed by atoms with Crippen LogP contribution in [0.3, 0.4) is 0 Å². The molecule has 0 bridgehead atoms. The lowest BCUT2D eigenvalue weighted by atomic mass is 10.1. The van der Waals surface area contributed by atoms with E-state index in [0.717, 1.165) is 43.9 Å². The third-order valence-corrected chi connectivity index (χ3v) is 3.93. The smallest absolute Gasteiger partial charge is 0.339 e. The highest BCUT2D eigenvalue weighted by atomic mass is 16.4. The fourth-order valence-electron chi connectivity index (χ4n) is 2.84.